The van der Waals surface area contributed by atoms with Gasteiger partial charge in [-0.3, -0.25) is 10.0 Å². The minimum absolute atomic E-state index is 0.0160. The maximum Gasteiger partial charge on any atom is 0.233 e. The summed E-state index contributed by atoms with van der Waals surface area (Å²) >= 11 is 0. The Labute approximate surface area is 153 Å². The van der Waals surface area contributed by atoms with E-state index in [1.807, 2.05) is 24.3 Å². The first-order valence-corrected chi connectivity index (χ1v) is 10.3. The lowest BCUT2D eigenvalue weighted by Crippen LogP contribution is -2.32. The van der Waals surface area contributed by atoms with E-state index < -0.39 is 15.9 Å². The van der Waals surface area contributed by atoms with Crippen molar-refractivity contribution >= 4 is 21.9 Å². The van der Waals surface area contributed by atoms with Crippen LogP contribution in [0, 0.1) is 5.92 Å². The van der Waals surface area contributed by atoms with E-state index in [0.29, 0.717) is 16.3 Å². The van der Waals surface area contributed by atoms with Gasteiger partial charge in [0.25, 0.3) is 0 Å². The minimum atomic E-state index is -3.50. The molecule has 3 N–H and O–H groups in total. The van der Waals surface area contributed by atoms with Crippen molar-refractivity contribution in [1.82, 2.24) is 5.06 Å². The zero-order chi connectivity index (χ0) is 18.7. The van der Waals surface area contributed by atoms with Gasteiger partial charge in [0.15, 0.2) is 9.84 Å². The Kier molecular flexibility index (Phi) is 5.29. The lowest BCUT2D eigenvalue weighted by atomic mass is 10.1. The smallest absolute Gasteiger partial charge is 0.233 e. The SMILES string of the molecule is Nc1cccc([C@@H](CS(=O)(=O)CC2Cc3ccccc3C2)N(O)C=O)c1. The number of hydrogen-bond donors (Lipinski definition) is 2. The van der Waals surface area contributed by atoms with Crippen molar-refractivity contribution in [3.63, 3.8) is 0 Å². The van der Waals surface area contributed by atoms with Crippen LogP contribution in [0.25, 0.3) is 0 Å². The monoisotopic (exact) mass is 374 g/mol. The summed E-state index contributed by atoms with van der Waals surface area (Å²) in [6, 6.07) is 13.5. The minimum Gasteiger partial charge on any atom is -0.399 e. The van der Waals surface area contributed by atoms with Crippen molar-refractivity contribution in [2.24, 2.45) is 5.92 Å². The summed E-state index contributed by atoms with van der Waals surface area (Å²) in [5, 5.41) is 10.3. The summed E-state index contributed by atoms with van der Waals surface area (Å²) < 4.78 is 25.5. The molecule has 7 heteroatoms. The maximum atomic E-state index is 12.7. The van der Waals surface area contributed by atoms with E-state index in [-0.39, 0.29) is 23.8 Å². The second-order valence-electron chi connectivity index (χ2n) is 6.79. The van der Waals surface area contributed by atoms with Crippen LogP contribution in [0.2, 0.25) is 0 Å². The highest BCUT2D eigenvalue weighted by atomic mass is 32.2. The first kappa shape index (κ1) is 18.4. The van der Waals surface area contributed by atoms with Gasteiger partial charge < -0.3 is 5.73 Å². The van der Waals surface area contributed by atoms with E-state index in [0.717, 1.165) is 12.8 Å². The molecule has 0 radical (unpaired) electrons. The van der Waals surface area contributed by atoms with Gasteiger partial charge in [-0.25, -0.2) is 13.5 Å². The molecule has 1 aliphatic rings. The quantitative estimate of drug-likeness (QED) is 0.334. The molecule has 0 saturated carbocycles. The lowest BCUT2D eigenvalue weighted by molar-refractivity contribution is -0.158. The van der Waals surface area contributed by atoms with Crippen molar-refractivity contribution in [3.05, 3.63) is 65.2 Å². The van der Waals surface area contributed by atoms with Crippen LogP contribution in [0.4, 0.5) is 5.69 Å². The highest BCUT2D eigenvalue weighted by Crippen LogP contribution is 2.29. The first-order chi connectivity index (χ1) is 12.4. The predicted molar refractivity (Wildman–Crippen MR) is 99.3 cm³/mol. The summed E-state index contributed by atoms with van der Waals surface area (Å²) in [7, 11) is -3.50. The Balaban J connectivity index is 1.75. The molecule has 0 unspecified atom stereocenters. The largest absolute Gasteiger partial charge is 0.399 e. The summed E-state index contributed by atoms with van der Waals surface area (Å²) in [4.78, 5) is 11.0. The van der Waals surface area contributed by atoms with Gasteiger partial charge in [-0.1, -0.05) is 36.4 Å². The number of anilines is 1. The molecule has 6 nitrogen and oxygen atoms in total. The third-order valence-electron chi connectivity index (χ3n) is 4.76. The zero-order valence-corrected chi connectivity index (χ0v) is 15.1. The summed E-state index contributed by atoms with van der Waals surface area (Å²) in [5.41, 5.74) is 9.05. The molecule has 0 aliphatic heterocycles. The number of sulfone groups is 1. The number of nitrogen functional groups attached to an aromatic ring is 1. The van der Waals surface area contributed by atoms with Gasteiger partial charge in [0.2, 0.25) is 6.41 Å². The number of benzene rings is 2. The van der Waals surface area contributed by atoms with Gasteiger partial charge in [-0.2, -0.15) is 0 Å². The molecule has 0 spiro atoms. The standard InChI is InChI=1S/C19H22N2O4S/c20-18-7-3-6-17(10-18)19(21(23)13-22)12-26(24,25)11-14-8-15-4-1-2-5-16(15)9-14/h1-7,10,13-14,19,23H,8-9,11-12,20H2/t19-/m1/s1. The highest BCUT2D eigenvalue weighted by molar-refractivity contribution is 7.91. The maximum absolute atomic E-state index is 12.7. The molecule has 1 atom stereocenters. The van der Waals surface area contributed by atoms with Crippen molar-refractivity contribution in [1.29, 1.82) is 0 Å². The molecular weight excluding hydrogens is 352 g/mol. The molecule has 138 valence electrons. The van der Waals surface area contributed by atoms with Crippen molar-refractivity contribution in [2.75, 3.05) is 17.2 Å². The Morgan fingerprint density at radius 2 is 1.81 bits per heavy atom. The average molecular weight is 374 g/mol. The van der Waals surface area contributed by atoms with Crippen LogP contribution in [0.3, 0.4) is 0 Å². The van der Waals surface area contributed by atoms with Crippen LogP contribution >= 0.6 is 0 Å². The molecule has 1 aliphatic carbocycles. The fraction of sp³-hybridized carbons (Fsp3) is 0.316. The number of nitrogens with zero attached hydrogens (tertiary/aromatic N) is 1. The van der Waals surface area contributed by atoms with Gasteiger partial charge >= 0.3 is 0 Å². The number of amides is 1. The van der Waals surface area contributed by atoms with Gasteiger partial charge in [0.1, 0.15) is 0 Å². The second-order valence-corrected chi connectivity index (χ2v) is 8.95. The molecule has 1 amide bonds. The Bertz CT molecular complexity index is 873. The third-order valence-corrected chi connectivity index (χ3v) is 6.56. The number of hydroxylamine groups is 2. The van der Waals surface area contributed by atoms with Crippen LogP contribution < -0.4 is 5.73 Å². The van der Waals surface area contributed by atoms with E-state index in [2.05, 4.69) is 0 Å². The fourth-order valence-corrected chi connectivity index (χ4v) is 5.52. The average Bonchev–Trinajstić information content (AvgIpc) is 3.00. The van der Waals surface area contributed by atoms with E-state index >= 15 is 0 Å². The molecule has 0 heterocycles. The molecule has 2 aromatic rings. The van der Waals surface area contributed by atoms with E-state index in [1.165, 1.54) is 11.1 Å². The molecule has 0 aromatic heterocycles. The Morgan fingerprint density at radius 1 is 1.15 bits per heavy atom. The third kappa shape index (κ3) is 4.23. The zero-order valence-electron chi connectivity index (χ0n) is 14.3. The summed E-state index contributed by atoms with van der Waals surface area (Å²) in [6.07, 6.45) is 1.68. The molecular formula is C19H22N2O4S. The second kappa shape index (κ2) is 7.47. The summed E-state index contributed by atoms with van der Waals surface area (Å²) in [5.74, 6) is -0.312. The molecule has 0 bridgehead atoms. The van der Waals surface area contributed by atoms with E-state index in [9.17, 15) is 18.4 Å². The van der Waals surface area contributed by atoms with Gasteiger partial charge in [0, 0.05) is 5.69 Å². The summed E-state index contributed by atoms with van der Waals surface area (Å²) in [6.45, 7) is 0. The molecule has 0 saturated heterocycles. The molecule has 2 aromatic carbocycles. The van der Waals surface area contributed by atoms with E-state index in [4.69, 9.17) is 5.73 Å². The van der Waals surface area contributed by atoms with Gasteiger partial charge in [-0.15, -0.1) is 0 Å². The fourth-order valence-electron chi connectivity index (χ4n) is 3.60. The Hall–Kier alpha value is -2.38. The number of rotatable bonds is 7. The van der Waals surface area contributed by atoms with Crippen molar-refractivity contribution in [2.45, 2.75) is 18.9 Å². The van der Waals surface area contributed by atoms with Crippen LogP contribution in [0.1, 0.15) is 22.7 Å². The van der Waals surface area contributed by atoms with Crippen molar-refractivity contribution < 1.29 is 18.4 Å². The Morgan fingerprint density at radius 3 is 2.38 bits per heavy atom. The number of hydrogen-bond acceptors (Lipinski definition) is 5. The number of fused-ring (bicyclic) bond motifs is 1. The van der Waals surface area contributed by atoms with Gasteiger partial charge in [0.05, 0.1) is 17.5 Å². The van der Waals surface area contributed by atoms with Crippen LogP contribution in [-0.4, -0.2) is 36.6 Å². The van der Waals surface area contributed by atoms with Crippen LogP contribution in [0.5, 0.6) is 0 Å². The first-order valence-electron chi connectivity index (χ1n) is 8.43. The number of carbonyl (C=O) groups is 1. The van der Waals surface area contributed by atoms with Crippen molar-refractivity contribution in [3.8, 4) is 0 Å². The number of carbonyl (C=O) groups excluding carboxylic acids is 1. The van der Waals surface area contributed by atoms with Crippen LogP contribution in [-0.2, 0) is 27.5 Å². The van der Waals surface area contributed by atoms with E-state index in [1.54, 1.807) is 24.3 Å². The van der Waals surface area contributed by atoms with Gasteiger partial charge in [-0.05, 0) is 47.6 Å². The molecule has 0 fully saturated rings. The number of nitrogens with two attached hydrogens (primary N) is 1. The normalized spacial score (nSPS) is 15.4. The predicted octanol–water partition coefficient (Wildman–Crippen LogP) is 1.99. The highest BCUT2D eigenvalue weighted by Gasteiger charge is 2.30. The lowest BCUT2D eigenvalue weighted by Gasteiger charge is -2.23. The van der Waals surface area contributed by atoms with Crippen LogP contribution in [0.15, 0.2) is 48.5 Å². The molecule has 3 rings (SSSR count). The molecule has 26 heavy (non-hydrogen) atoms. The topological polar surface area (TPSA) is 101 Å².